The first-order valence-electron chi connectivity index (χ1n) is 6.67. The van der Waals surface area contributed by atoms with Crippen LogP contribution in [0.1, 0.15) is 32.4 Å². The van der Waals surface area contributed by atoms with Crippen LogP contribution < -0.4 is 5.32 Å². The second-order valence-corrected chi connectivity index (χ2v) is 5.99. The van der Waals surface area contributed by atoms with E-state index in [0.717, 1.165) is 12.1 Å². The maximum Gasteiger partial charge on any atom is 0.142 e. The molecule has 1 aromatic rings. The highest BCUT2D eigenvalue weighted by molar-refractivity contribution is 6.30. The van der Waals surface area contributed by atoms with E-state index in [1.165, 1.54) is 6.07 Å². The molecule has 4 heteroatoms. The minimum atomic E-state index is -0.360. The van der Waals surface area contributed by atoms with Gasteiger partial charge in [-0.15, -0.1) is 0 Å². The highest BCUT2D eigenvalue weighted by Crippen LogP contribution is 2.20. The molecule has 0 aliphatic carbocycles. The van der Waals surface area contributed by atoms with E-state index in [2.05, 4.69) is 38.2 Å². The lowest BCUT2D eigenvalue weighted by atomic mass is 10.0. The van der Waals surface area contributed by atoms with Crippen molar-refractivity contribution in [3.63, 3.8) is 0 Å². The Morgan fingerprint density at radius 1 is 1.26 bits per heavy atom. The Hall–Kier alpha value is -0.640. The van der Waals surface area contributed by atoms with Crippen molar-refractivity contribution in [1.82, 2.24) is 10.2 Å². The molecular weight excluding hydrogens is 263 g/mol. The number of hydrogen-bond acceptors (Lipinski definition) is 2. The Morgan fingerprint density at radius 3 is 2.37 bits per heavy atom. The van der Waals surface area contributed by atoms with Crippen LogP contribution in [-0.2, 0) is 0 Å². The molecule has 19 heavy (non-hydrogen) atoms. The predicted octanol–water partition coefficient (Wildman–Crippen LogP) is 3.72. The zero-order valence-electron chi connectivity index (χ0n) is 12.4. The Kier molecular flexibility index (Phi) is 6.24. The van der Waals surface area contributed by atoms with Gasteiger partial charge in [-0.05, 0) is 44.6 Å². The fourth-order valence-electron chi connectivity index (χ4n) is 2.21. The number of halogens is 2. The summed E-state index contributed by atoms with van der Waals surface area (Å²) < 4.78 is 13.4. The van der Waals surface area contributed by atoms with Crippen LogP contribution in [0.3, 0.4) is 0 Å². The summed E-state index contributed by atoms with van der Waals surface area (Å²) >= 11 is 5.69. The van der Waals surface area contributed by atoms with Gasteiger partial charge in [0.15, 0.2) is 0 Å². The van der Waals surface area contributed by atoms with Gasteiger partial charge in [0.05, 0.1) is 5.02 Å². The summed E-state index contributed by atoms with van der Waals surface area (Å²) in [7, 11) is 4.16. The van der Waals surface area contributed by atoms with Crippen molar-refractivity contribution < 1.29 is 4.39 Å². The zero-order valence-corrected chi connectivity index (χ0v) is 13.1. The average molecular weight is 287 g/mol. The monoisotopic (exact) mass is 286 g/mol. The molecule has 0 amide bonds. The molecule has 0 aromatic heterocycles. The molecule has 1 rings (SSSR count). The van der Waals surface area contributed by atoms with Crippen LogP contribution in [0.25, 0.3) is 0 Å². The topological polar surface area (TPSA) is 15.3 Å². The number of likely N-dealkylation sites (N-methyl/N-ethyl adjacent to an activating group) is 1. The second-order valence-electron chi connectivity index (χ2n) is 5.58. The third-order valence-corrected chi connectivity index (χ3v) is 3.82. The van der Waals surface area contributed by atoms with Crippen molar-refractivity contribution in [3.8, 4) is 0 Å². The van der Waals surface area contributed by atoms with Gasteiger partial charge in [0.1, 0.15) is 5.82 Å². The fourth-order valence-corrected chi connectivity index (χ4v) is 2.33. The number of rotatable bonds is 6. The third kappa shape index (κ3) is 4.75. The number of benzene rings is 1. The standard InChI is InChI=1S/C15H24ClFN2/c1-10(2)15(19(4)5)9-18-11(3)12-6-7-13(16)14(17)8-12/h6-8,10-11,15,18H,9H2,1-5H3. The molecule has 0 fully saturated rings. The Morgan fingerprint density at radius 2 is 1.89 bits per heavy atom. The van der Waals surface area contributed by atoms with Gasteiger partial charge in [-0.2, -0.15) is 0 Å². The van der Waals surface area contributed by atoms with Gasteiger partial charge in [-0.25, -0.2) is 4.39 Å². The summed E-state index contributed by atoms with van der Waals surface area (Å²) in [5.74, 6) is 0.206. The van der Waals surface area contributed by atoms with E-state index in [0.29, 0.717) is 12.0 Å². The molecule has 2 unspecified atom stereocenters. The van der Waals surface area contributed by atoms with E-state index in [4.69, 9.17) is 11.6 Å². The summed E-state index contributed by atoms with van der Waals surface area (Å²) in [4.78, 5) is 2.22. The molecule has 2 nitrogen and oxygen atoms in total. The molecule has 1 N–H and O–H groups in total. The van der Waals surface area contributed by atoms with Crippen LogP contribution in [0.5, 0.6) is 0 Å². The molecule has 2 atom stereocenters. The van der Waals surface area contributed by atoms with Gasteiger partial charge in [-0.1, -0.05) is 31.5 Å². The lowest BCUT2D eigenvalue weighted by Crippen LogP contribution is -2.42. The van der Waals surface area contributed by atoms with Crippen molar-refractivity contribution in [2.75, 3.05) is 20.6 Å². The van der Waals surface area contributed by atoms with E-state index >= 15 is 0 Å². The zero-order chi connectivity index (χ0) is 14.6. The molecule has 108 valence electrons. The number of hydrogen-bond donors (Lipinski definition) is 1. The molecule has 0 radical (unpaired) electrons. The Bertz CT molecular complexity index is 399. The fraction of sp³-hybridized carbons (Fsp3) is 0.600. The Labute approximate surface area is 120 Å². The minimum absolute atomic E-state index is 0.105. The summed E-state index contributed by atoms with van der Waals surface area (Å²) in [5.41, 5.74) is 0.920. The minimum Gasteiger partial charge on any atom is -0.309 e. The van der Waals surface area contributed by atoms with Gasteiger partial charge < -0.3 is 10.2 Å². The summed E-state index contributed by atoms with van der Waals surface area (Å²) in [6, 6.07) is 5.53. The highest BCUT2D eigenvalue weighted by atomic mass is 35.5. The molecule has 0 aliphatic rings. The van der Waals surface area contributed by atoms with E-state index in [9.17, 15) is 4.39 Å². The molecule has 0 saturated carbocycles. The first kappa shape index (κ1) is 16.4. The first-order valence-corrected chi connectivity index (χ1v) is 7.05. The van der Waals surface area contributed by atoms with E-state index in [1.807, 2.05) is 13.0 Å². The van der Waals surface area contributed by atoms with Crippen molar-refractivity contribution in [2.45, 2.75) is 32.9 Å². The largest absolute Gasteiger partial charge is 0.309 e. The van der Waals surface area contributed by atoms with Crippen LogP contribution in [-0.4, -0.2) is 31.6 Å². The molecule has 0 bridgehead atoms. The lowest BCUT2D eigenvalue weighted by Gasteiger charge is -2.29. The van der Waals surface area contributed by atoms with Gasteiger partial charge in [-0.3, -0.25) is 0 Å². The molecular formula is C15H24ClFN2. The van der Waals surface area contributed by atoms with Crippen LogP contribution >= 0.6 is 11.6 Å². The number of nitrogens with one attached hydrogen (secondary N) is 1. The quantitative estimate of drug-likeness (QED) is 0.857. The molecule has 0 aliphatic heterocycles. The summed E-state index contributed by atoms with van der Waals surface area (Å²) in [5, 5.41) is 3.63. The normalized spacial score (nSPS) is 15.0. The van der Waals surface area contributed by atoms with E-state index in [1.54, 1.807) is 6.07 Å². The van der Waals surface area contributed by atoms with Crippen LogP contribution in [0.2, 0.25) is 5.02 Å². The van der Waals surface area contributed by atoms with Gasteiger partial charge >= 0.3 is 0 Å². The SMILES string of the molecule is CC(NCC(C(C)C)N(C)C)c1ccc(Cl)c(F)c1. The van der Waals surface area contributed by atoms with Crippen molar-refractivity contribution >= 4 is 11.6 Å². The maximum atomic E-state index is 13.4. The van der Waals surface area contributed by atoms with Crippen LogP contribution in [0.15, 0.2) is 18.2 Å². The predicted molar refractivity (Wildman–Crippen MR) is 80.1 cm³/mol. The van der Waals surface area contributed by atoms with Gasteiger partial charge in [0, 0.05) is 18.6 Å². The van der Waals surface area contributed by atoms with Crippen LogP contribution in [0, 0.1) is 11.7 Å². The molecule has 1 aromatic carbocycles. The smallest absolute Gasteiger partial charge is 0.142 e. The van der Waals surface area contributed by atoms with Crippen molar-refractivity contribution in [3.05, 3.63) is 34.6 Å². The molecule has 0 heterocycles. The molecule has 0 spiro atoms. The second kappa shape index (κ2) is 7.22. The van der Waals surface area contributed by atoms with Crippen LogP contribution in [0.4, 0.5) is 4.39 Å². The van der Waals surface area contributed by atoms with E-state index < -0.39 is 0 Å². The van der Waals surface area contributed by atoms with Crippen molar-refractivity contribution in [2.24, 2.45) is 5.92 Å². The lowest BCUT2D eigenvalue weighted by molar-refractivity contribution is 0.220. The Balaban J connectivity index is 2.63. The highest BCUT2D eigenvalue weighted by Gasteiger charge is 2.17. The van der Waals surface area contributed by atoms with Gasteiger partial charge in [0.25, 0.3) is 0 Å². The van der Waals surface area contributed by atoms with E-state index in [-0.39, 0.29) is 16.9 Å². The maximum absolute atomic E-state index is 13.4. The first-order chi connectivity index (χ1) is 8.82. The summed E-state index contributed by atoms with van der Waals surface area (Å²) in [6.07, 6.45) is 0. The summed E-state index contributed by atoms with van der Waals surface area (Å²) in [6.45, 7) is 7.32. The third-order valence-electron chi connectivity index (χ3n) is 3.51. The van der Waals surface area contributed by atoms with Crippen molar-refractivity contribution in [1.29, 1.82) is 0 Å². The molecule has 0 saturated heterocycles. The number of nitrogens with zero attached hydrogens (tertiary/aromatic N) is 1. The van der Waals surface area contributed by atoms with Gasteiger partial charge in [0.2, 0.25) is 0 Å². The average Bonchev–Trinajstić information content (AvgIpc) is 2.31.